The van der Waals surface area contributed by atoms with Crippen molar-refractivity contribution >= 4 is 11.6 Å². The highest BCUT2D eigenvalue weighted by Crippen LogP contribution is 2.18. The molecule has 0 fully saturated rings. The van der Waals surface area contributed by atoms with Gasteiger partial charge in [0.1, 0.15) is 0 Å². The van der Waals surface area contributed by atoms with Crippen LogP contribution in [0, 0.1) is 5.92 Å². The summed E-state index contributed by atoms with van der Waals surface area (Å²) in [5, 5.41) is 6.84. The average molecular weight is 252 g/mol. The number of H-pyrrole nitrogens is 1. The van der Waals surface area contributed by atoms with Crippen LogP contribution in [0.15, 0.2) is 0 Å². The molecule has 0 aliphatic carbocycles. The molecule has 1 heterocycles. The van der Waals surface area contributed by atoms with Gasteiger partial charge >= 0.3 is 0 Å². The zero-order valence-electron chi connectivity index (χ0n) is 11.9. The SMILES string of the molecule is CCc1[nH]nc(C(=O)N(C)C(C)CC(C)C)c1N. The number of rotatable bonds is 5. The summed E-state index contributed by atoms with van der Waals surface area (Å²) in [5.74, 6) is 0.439. The van der Waals surface area contributed by atoms with Crippen molar-refractivity contribution in [3.63, 3.8) is 0 Å². The van der Waals surface area contributed by atoms with Gasteiger partial charge in [-0.2, -0.15) is 5.10 Å². The van der Waals surface area contributed by atoms with Gasteiger partial charge in [0.25, 0.3) is 5.91 Å². The molecule has 1 amide bonds. The van der Waals surface area contributed by atoms with Crippen LogP contribution in [0.2, 0.25) is 0 Å². The zero-order valence-corrected chi connectivity index (χ0v) is 11.9. The number of carbonyl (C=O) groups is 1. The van der Waals surface area contributed by atoms with Crippen LogP contribution in [0.1, 0.15) is 50.3 Å². The fraction of sp³-hybridized carbons (Fsp3) is 0.692. The van der Waals surface area contributed by atoms with E-state index in [-0.39, 0.29) is 11.9 Å². The predicted octanol–water partition coefficient (Wildman–Crippen LogP) is 2.06. The molecule has 0 aliphatic rings. The van der Waals surface area contributed by atoms with Crippen molar-refractivity contribution in [1.82, 2.24) is 15.1 Å². The Morgan fingerprint density at radius 2 is 2.06 bits per heavy atom. The van der Waals surface area contributed by atoms with Gasteiger partial charge in [-0.1, -0.05) is 20.8 Å². The van der Waals surface area contributed by atoms with Crippen LogP contribution in [0.5, 0.6) is 0 Å². The first-order chi connectivity index (χ1) is 8.38. The first-order valence-electron chi connectivity index (χ1n) is 6.48. The smallest absolute Gasteiger partial charge is 0.276 e. The fourth-order valence-electron chi connectivity index (χ4n) is 2.03. The van der Waals surface area contributed by atoms with Crippen LogP contribution < -0.4 is 5.73 Å². The van der Waals surface area contributed by atoms with E-state index < -0.39 is 0 Å². The maximum Gasteiger partial charge on any atom is 0.276 e. The molecule has 1 unspecified atom stereocenters. The summed E-state index contributed by atoms with van der Waals surface area (Å²) in [6, 6.07) is 0.179. The van der Waals surface area contributed by atoms with Gasteiger partial charge in [0, 0.05) is 13.1 Å². The molecule has 0 spiro atoms. The second kappa shape index (κ2) is 5.89. The van der Waals surface area contributed by atoms with Crippen LogP contribution in [-0.2, 0) is 6.42 Å². The molecule has 102 valence electrons. The Balaban J connectivity index is 2.83. The lowest BCUT2D eigenvalue weighted by molar-refractivity contribution is 0.0723. The summed E-state index contributed by atoms with van der Waals surface area (Å²) in [4.78, 5) is 14.0. The highest BCUT2D eigenvalue weighted by atomic mass is 16.2. The van der Waals surface area contributed by atoms with Gasteiger partial charge in [-0.15, -0.1) is 0 Å². The third-order valence-electron chi connectivity index (χ3n) is 3.23. The van der Waals surface area contributed by atoms with Crippen LogP contribution >= 0.6 is 0 Å². The average Bonchev–Trinajstić information content (AvgIpc) is 2.67. The fourth-order valence-corrected chi connectivity index (χ4v) is 2.03. The van der Waals surface area contributed by atoms with E-state index in [1.54, 1.807) is 11.9 Å². The molecule has 5 heteroatoms. The first kappa shape index (κ1) is 14.5. The molecule has 1 rings (SSSR count). The summed E-state index contributed by atoms with van der Waals surface area (Å²) < 4.78 is 0. The molecule has 1 aromatic rings. The summed E-state index contributed by atoms with van der Waals surface area (Å²) in [7, 11) is 1.80. The third-order valence-corrected chi connectivity index (χ3v) is 3.23. The molecule has 0 saturated carbocycles. The molecule has 0 bridgehead atoms. The minimum absolute atomic E-state index is 0.114. The Hall–Kier alpha value is -1.52. The normalized spacial score (nSPS) is 12.8. The van der Waals surface area contributed by atoms with E-state index in [9.17, 15) is 4.79 Å². The van der Waals surface area contributed by atoms with E-state index in [0.717, 1.165) is 18.5 Å². The van der Waals surface area contributed by atoms with E-state index in [2.05, 4.69) is 24.0 Å². The van der Waals surface area contributed by atoms with Crippen molar-refractivity contribution in [1.29, 1.82) is 0 Å². The predicted molar refractivity (Wildman–Crippen MR) is 73.4 cm³/mol. The second-order valence-corrected chi connectivity index (χ2v) is 5.21. The standard InChI is InChI=1S/C13H24N4O/c1-6-10-11(14)12(16-15-10)13(18)17(5)9(4)7-8(2)3/h8-9H,6-7,14H2,1-5H3,(H,15,16). The second-order valence-electron chi connectivity index (χ2n) is 5.21. The number of aromatic nitrogens is 2. The molecular weight excluding hydrogens is 228 g/mol. The molecule has 0 aliphatic heterocycles. The van der Waals surface area contributed by atoms with E-state index in [4.69, 9.17) is 5.73 Å². The minimum atomic E-state index is -0.114. The van der Waals surface area contributed by atoms with E-state index in [1.165, 1.54) is 0 Å². The van der Waals surface area contributed by atoms with Crippen LogP contribution in [0.4, 0.5) is 5.69 Å². The number of carbonyl (C=O) groups excluding carboxylic acids is 1. The van der Waals surface area contributed by atoms with Gasteiger partial charge in [0.05, 0.1) is 11.4 Å². The number of anilines is 1. The Morgan fingerprint density at radius 3 is 2.50 bits per heavy atom. The van der Waals surface area contributed by atoms with Crippen LogP contribution in [0.3, 0.4) is 0 Å². The molecule has 5 nitrogen and oxygen atoms in total. The molecule has 0 aromatic carbocycles. The zero-order chi connectivity index (χ0) is 13.9. The Labute approximate surface area is 109 Å². The summed E-state index contributed by atoms with van der Waals surface area (Å²) in [6.45, 7) is 8.31. The number of nitrogens with one attached hydrogen (secondary N) is 1. The van der Waals surface area contributed by atoms with Gasteiger partial charge < -0.3 is 10.6 Å². The number of nitrogen functional groups attached to an aromatic ring is 1. The summed E-state index contributed by atoms with van der Waals surface area (Å²) >= 11 is 0. The number of aromatic amines is 1. The number of aryl methyl sites for hydroxylation is 1. The molecular formula is C13H24N4O. The highest BCUT2D eigenvalue weighted by molar-refractivity contribution is 5.97. The number of nitrogens with two attached hydrogens (primary N) is 1. The monoisotopic (exact) mass is 252 g/mol. The van der Waals surface area contributed by atoms with Crippen molar-refractivity contribution in [3.8, 4) is 0 Å². The van der Waals surface area contributed by atoms with Crippen LogP contribution in [0.25, 0.3) is 0 Å². The number of nitrogens with zero attached hydrogens (tertiary/aromatic N) is 2. The molecule has 0 radical (unpaired) electrons. The van der Waals surface area contributed by atoms with E-state index >= 15 is 0 Å². The van der Waals surface area contributed by atoms with Crippen molar-refractivity contribution < 1.29 is 4.79 Å². The number of hydrogen-bond acceptors (Lipinski definition) is 3. The molecule has 1 atom stereocenters. The molecule has 0 saturated heterocycles. The highest BCUT2D eigenvalue weighted by Gasteiger charge is 2.23. The van der Waals surface area contributed by atoms with Gasteiger partial charge in [-0.05, 0) is 25.7 Å². The first-order valence-corrected chi connectivity index (χ1v) is 6.48. The molecule has 3 N–H and O–H groups in total. The number of hydrogen-bond donors (Lipinski definition) is 2. The lowest BCUT2D eigenvalue weighted by Crippen LogP contribution is -2.36. The van der Waals surface area contributed by atoms with E-state index in [0.29, 0.717) is 17.3 Å². The Bertz CT molecular complexity index is 411. The maximum atomic E-state index is 12.3. The number of amides is 1. The topological polar surface area (TPSA) is 75.0 Å². The molecule has 18 heavy (non-hydrogen) atoms. The van der Waals surface area contributed by atoms with Crippen molar-refractivity contribution in [3.05, 3.63) is 11.4 Å². The van der Waals surface area contributed by atoms with Gasteiger partial charge in [0.2, 0.25) is 0 Å². The lowest BCUT2D eigenvalue weighted by Gasteiger charge is -2.25. The Morgan fingerprint density at radius 1 is 1.44 bits per heavy atom. The van der Waals surface area contributed by atoms with Crippen LogP contribution in [-0.4, -0.2) is 34.1 Å². The third kappa shape index (κ3) is 3.03. The van der Waals surface area contributed by atoms with Crippen molar-refractivity contribution in [2.75, 3.05) is 12.8 Å². The quantitative estimate of drug-likeness (QED) is 0.842. The van der Waals surface area contributed by atoms with Crippen molar-refractivity contribution in [2.45, 2.75) is 46.6 Å². The van der Waals surface area contributed by atoms with E-state index in [1.807, 2.05) is 13.8 Å². The Kier molecular flexibility index (Phi) is 4.76. The summed E-state index contributed by atoms with van der Waals surface area (Å²) in [5.41, 5.74) is 7.55. The summed E-state index contributed by atoms with van der Waals surface area (Å²) in [6.07, 6.45) is 1.71. The lowest BCUT2D eigenvalue weighted by atomic mass is 10.0. The van der Waals surface area contributed by atoms with Gasteiger partial charge in [0.15, 0.2) is 5.69 Å². The minimum Gasteiger partial charge on any atom is -0.395 e. The maximum absolute atomic E-state index is 12.3. The molecule has 1 aromatic heterocycles. The van der Waals surface area contributed by atoms with Gasteiger partial charge in [-0.25, -0.2) is 0 Å². The van der Waals surface area contributed by atoms with Gasteiger partial charge in [-0.3, -0.25) is 9.89 Å². The van der Waals surface area contributed by atoms with Crippen molar-refractivity contribution in [2.24, 2.45) is 5.92 Å². The largest absolute Gasteiger partial charge is 0.395 e.